The first-order chi connectivity index (χ1) is 5.81. The van der Waals surface area contributed by atoms with E-state index in [1.54, 1.807) is 0 Å². The van der Waals surface area contributed by atoms with Crippen LogP contribution in [0.1, 0.15) is 12.8 Å². The van der Waals surface area contributed by atoms with Gasteiger partial charge in [-0.1, -0.05) is 27.7 Å². The number of nitrogens with zero attached hydrogens (tertiary/aromatic N) is 2. The zero-order chi connectivity index (χ0) is 8.55. The summed E-state index contributed by atoms with van der Waals surface area (Å²) in [6, 6.07) is 0.797. The topological polar surface area (TPSA) is 15.6 Å². The van der Waals surface area contributed by atoms with Gasteiger partial charge in [0.1, 0.15) is 0 Å². The van der Waals surface area contributed by atoms with Crippen LogP contribution in [0.5, 0.6) is 0 Å². The lowest BCUT2D eigenvalue weighted by Crippen LogP contribution is -2.25. The SMILES string of the molecule is CN(C1=NCC(CBr)S1)C1CC1. The molecule has 12 heavy (non-hydrogen) atoms. The molecule has 0 radical (unpaired) electrons. The third-order valence-electron chi connectivity index (χ3n) is 2.27. The van der Waals surface area contributed by atoms with Crippen LogP contribution in [0, 0.1) is 0 Å². The molecule has 1 unspecified atom stereocenters. The predicted molar refractivity (Wildman–Crippen MR) is 58.3 cm³/mol. The summed E-state index contributed by atoms with van der Waals surface area (Å²) in [5.74, 6) is 0. The van der Waals surface area contributed by atoms with Gasteiger partial charge in [0.25, 0.3) is 0 Å². The number of thioether (sulfide) groups is 1. The molecule has 0 amide bonds. The van der Waals surface area contributed by atoms with E-state index in [0.717, 1.165) is 17.9 Å². The maximum atomic E-state index is 4.52. The Bertz CT molecular complexity index is 203. The zero-order valence-corrected chi connectivity index (χ0v) is 9.57. The van der Waals surface area contributed by atoms with Gasteiger partial charge in [-0.25, -0.2) is 0 Å². The third kappa shape index (κ3) is 1.79. The highest BCUT2D eigenvalue weighted by Gasteiger charge is 2.31. The van der Waals surface area contributed by atoms with Crippen molar-refractivity contribution in [2.45, 2.75) is 24.1 Å². The summed E-state index contributed by atoms with van der Waals surface area (Å²) < 4.78 is 0. The Kier molecular flexibility index (Phi) is 2.65. The van der Waals surface area contributed by atoms with Gasteiger partial charge >= 0.3 is 0 Å². The molecule has 0 spiro atoms. The van der Waals surface area contributed by atoms with E-state index >= 15 is 0 Å². The molecular weight excluding hydrogens is 236 g/mol. The number of alkyl halides is 1. The molecular formula is C8H13BrN2S. The lowest BCUT2D eigenvalue weighted by atomic mass is 10.5. The molecule has 1 heterocycles. The summed E-state index contributed by atoms with van der Waals surface area (Å²) in [6.07, 6.45) is 2.71. The molecule has 4 heteroatoms. The average molecular weight is 249 g/mol. The molecule has 0 N–H and O–H groups in total. The highest BCUT2D eigenvalue weighted by molar-refractivity contribution is 9.09. The summed E-state index contributed by atoms with van der Waals surface area (Å²) in [5, 5.41) is 2.98. The zero-order valence-electron chi connectivity index (χ0n) is 7.16. The van der Waals surface area contributed by atoms with Crippen molar-refractivity contribution in [3.8, 4) is 0 Å². The van der Waals surface area contributed by atoms with Crippen LogP contribution in [0.3, 0.4) is 0 Å². The highest BCUT2D eigenvalue weighted by Crippen LogP contribution is 2.32. The molecule has 2 nitrogen and oxygen atoms in total. The quantitative estimate of drug-likeness (QED) is 0.695. The van der Waals surface area contributed by atoms with E-state index in [1.165, 1.54) is 18.0 Å². The second-order valence-corrected chi connectivity index (χ2v) is 5.27. The summed E-state index contributed by atoms with van der Waals surface area (Å²) in [4.78, 5) is 6.87. The second kappa shape index (κ2) is 3.58. The third-order valence-corrected chi connectivity index (χ3v) is 4.76. The first-order valence-electron chi connectivity index (χ1n) is 4.31. The van der Waals surface area contributed by atoms with Gasteiger partial charge in [0, 0.05) is 23.7 Å². The van der Waals surface area contributed by atoms with Gasteiger partial charge in [0.15, 0.2) is 5.17 Å². The predicted octanol–water partition coefficient (Wildman–Crippen LogP) is 1.95. The van der Waals surface area contributed by atoms with E-state index in [0.29, 0.717) is 5.25 Å². The smallest absolute Gasteiger partial charge is 0.159 e. The van der Waals surface area contributed by atoms with Crippen LogP contribution < -0.4 is 0 Å². The lowest BCUT2D eigenvalue weighted by molar-refractivity contribution is 0.505. The molecule has 2 rings (SSSR count). The van der Waals surface area contributed by atoms with E-state index in [2.05, 4.69) is 32.9 Å². The Morgan fingerprint density at radius 2 is 2.42 bits per heavy atom. The first kappa shape index (κ1) is 8.88. The lowest BCUT2D eigenvalue weighted by Gasteiger charge is -2.17. The van der Waals surface area contributed by atoms with Gasteiger partial charge < -0.3 is 4.90 Å². The molecule has 1 fully saturated rings. The van der Waals surface area contributed by atoms with Crippen LogP contribution in [-0.4, -0.2) is 40.3 Å². The maximum absolute atomic E-state index is 4.52. The van der Waals surface area contributed by atoms with Crippen LogP contribution in [0.15, 0.2) is 4.99 Å². The molecule has 1 aliphatic carbocycles. The number of halogens is 1. The van der Waals surface area contributed by atoms with E-state index in [-0.39, 0.29) is 0 Å². The van der Waals surface area contributed by atoms with E-state index < -0.39 is 0 Å². The van der Waals surface area contributed by atoms with Crippen LogP contribution in [-0.2, 0) is 0 Å². The Balaban J connectivity index is 1.88. The van der Waals surface area contributed by atoms with Gasteiger partial charge in [-0.3, -0.25) is 4.99 Å². The van der Waals surface area contributed by atoms with Crippen molar-refractivity contribution >= 4 is 32.9 Å². The molecule has 1 saturated carbocycles. The standard InChI is InChI=1S/C8H13BrN2S/c1-11(6-2-3-6)8-10-5-7(4-9)12-8/h6-7H,2-5H2,1H3. The summed E-state index contributed by atoms with van der Waals surface area (Å²) in [7, 11) is 2.17. The number of rotatable bonds is 2. The minimum absolute atomic E-state index is 0.668. The normalized spacial score (nSPS) is 28.8. The summed E-state index contributed by atoms with van der Waals surface area (Å²) in [5.41, 5.74) is 0. The number of hydrogen-bond acceptors (Lipinski definition) is 3. The molecule has 0 aromatic heterocycles. The van der Waals surface area contributed by atoms with Crippen LogP contribution in [0.2, 0.25) is 0 Å². The minimum atomic E-state index is 0.668. The summed E-state index contributed by atoms with van der Waals surface area (Å²) in [6.45, 7) is 0.988. The fraction of sp³-hybridized carbons (Fsp3) is 0.875. The van der Waals surface area contributed by atoms with Gasteiger partial charge in [-0.05, 0) is 12.8 Å². The average Bonchev–Trinajstić information content (AvgIpc) is 2.82. The Morgan fingerprint density at radius 1 is 1.67 bits per heavy atom. The first-order valence-corrected chi connectivity index (χ1v) is 6.31. The Labute approximate surface area is 85.9 Å². The molecule has 0 bridgehead atoms. The van der Waals surface area contributed by atoms with Gasteiger partial charge in [0.2, 0.25) is 0 Å². The Morgan fingerprint density at radius 3 is 2.92 bits per heavy atom. The molecule has 0 aromatic carbocycles. The van der Waals surface area contributed by atoms with Crippen molar-refractivity contribution in [1.29, 1.82) is 0 Å². The van der Waals surface area contributed by atoms with E-state index in [4.69, 9.17) is 0 Å². The fourth-order valence-corrected chi connectivity index (χ4v) is 2.87. The molecule has 68 valence electrons. The second-order valence-electron chi connectivity index (χ2n) is 3.36. The Hall–Kier alpha value is 0.300. The molecule has 0 saturated heterocycles. The molecule has 0 aromatic rings. The summed E-state index contributed by atoms with van der Waals surface area (Å²) >= 11 is 5.41. The van der Waals surface area contributed by atoms with E-state index in [9.17, 15) is 0 Å². The van der Waals surface area contributed by atoms with Crippen molar-refractivity contribution in [3.63, 3.8) is 0 Å². The molecule has 2 aliphatic rings. The monoisotopic (exact) mass is 248 g/mol. The van der Waals surface area contributed by atoms with Crippen LogP contribution in [0.4, 0.5) is 0 Å². The van der Waals surface area contributed by atoms with E-state index in [1.807, 2.05) is 11.8 Å². The van der Waals surface area contributed by atoms with Crippen LogP contribution in [0.25, 0.3) is 0 Å². The van der Waals surface area contributed by atoms with Crippen molar-refractivity contribution in [2.24, 2.45) is 4.99 Å². The number of aliphatic imine (C=N–C) groups is 1. The number of amidine groups is 1. The largest absolute Gasteiger partial charge is 0.352 e. The van der Waals surface area contributed by atoms with Gasteiger partial charge in [-0.2, -0.15) is 0 Å². The fourth-order valence-electron chi connectivity index (χ4n) is 1.30. The minimum Gasteiger partial charge on any atom is -0.352 e. The van der Waals surface area contributed by atoms with Crippen molar-refractivity contribution in [1.82, 2.24) is 4.90 Å². The van der Waals surface area contributed by atoms with Crippen molar-refractivity contribution < 1.29 is 0 Å². The van der Waals surface area contributed by atoms with Gasteiger partial charge in [0.05, 0.1) is 6.54 Å². The van der Waals surface area contributed by atoms with Gasteiger partial charge in [-0.15, -0.1) is 0 Å². The van der Waals surface area contributed by atoms with Crippen molar-refractivity contribution in [3.05, 3.63) is 0 Å². The van der Waals surface area contributed by atoms with Crippen molar-refractivity contribution in [2.75, 3.05) is 18.9 Å². The highest BCUT2D eigenvalue weighted by atomic mass is 79.9. The van der Waals surface area contributed by atoms with Crippen LogP contribution >= 0.6 is 27.7 Å². The number of hydrogen-bond donors (Lipinski definition) is 0. The maximum Gasteiger partial charge on any atom is 0.159 e. The molecule has 1 aliphatic heterocycles. The molecule has 1 atom stereocenters.